The Hall–Kier alpha value is 1.17. The molecule has 2 unspecified atom stereocenters. The molecule has 0 saturated carbocycles. The summed E-state index contributed by atoms with van der Waals surface area (Å²) >= 11 is 4.71. The van der Waals surface area contributed by atoms with Crippen LogP contribution in [0.5, 0.6) is 0 Å². The average Bonchev–Trinajstić information content (AvgIpc) is 2.60. The maximum Gasteiger partial charge on any atom is 0.543 e. The summed E-state index contributed by atoms with van der Waals surface area (Å²) in [5, 5.41) is 0. The molecule has 0 rings (SSSR count). The Kier molecular flexibility index (Phi) is 37.8. The van der Waals surface area contributed by atoms with Crippen molar-refractivity contribution < 1.29 is 23.2 Å². The monoisotopic (exact) mass is 538 g/mol. The Morgan fingerprint density at radius 2 is 1.00 bits per heavy atom. The number of rotatable bonds is 16. The fourth-order valence-electron chi connectivity index (χ4n) is 2.24. The van der Waals surface area contributed by atoms with Gasteiger partial charge in [-0.2, -0.15) is 0 Å². The van der Waals surface area contributed by atoms with Gasteiger partial charge < -0.3 is 9.79 Å². The summed E-state index contributed by atoms with van der Waals surface area (Å²) in [6.07, 6.45) is 19.3. The molecule has 9 heteroatoms. The van der Waals surface area contributed by atoms with Crippen molar-refractivity contribution in [3.05, 3.63) is 0 Å². The molecule has 0 fully saturated rings. The number of hydrogen-bond acceptors (Lipinski definition) is 5. The largest absolute Gasteiger partial charge is 0.563 e. The first-order valence-electron chi connectivity index (χ1n) is 9.59. The molecule has 0 aromatic rings. The van der Waals surface area contributed by atoms with Crippen LogP contribution in [0.2, 0.25) is 8.87 Å². The first kappa shape index (κ1) is 31.9. The Labute approximate surface area is 178 Å². The van der Waals surface area contributed by atoms with E-state index in [0.717, 1.165) is 0 Å². The van der Waals surface area contributed by atoms with Gasteiger partial charge in [-0.15, -0.1) is 11.6 Å². The van der Waals surface area contributed by atoms with Gasteiger partial charge in [0.15, 0.2) is 0 Å². The first-order valence-corrected chi connectivity index (χ1v) is 16.6. The minimum atomic E-state index is -3.24. The van der Waals surface area contributed by atoms with Crippen LogP contribution in [0.25, 0.3) is 0 Å². The Morgan fingerprint density at radius 3 is 1.27 bits per heavy atom. The molecule has 0 heterocycles. The quantitative estimate of drug-likeness (QED) is 0.102. The third-order valence-electron chi connectivity index (χ3n) is 3.55. The fraction of sp³-hybridized carbons (Fsp3) is 1.00. The van der Waals surface area contributed by atoms with E-state index in [1.807, 2.05) is 0 Å². The molecule has 0 N–H and O–H groups in total. The van der Waals surface area contributed by atoms with Gasteiger partial charge in [-0.1, -0.05) is 0 Å². The van der Waals surface area contributed by atoms with Crippen LogP contribution in [-0.2, 0) is 13.4 Å². The van der Waals surface area contributed by atoms with Crippen LogP contribution < -0.4 is 9.79 Å². The van der Waals surface area contributed by atoms with Crippen molar-refractivity contribution in [2.45, 2.75) is 99.8 Å². The Morgan fingerprint density at radius 1 is 0.692 bits per heavy atom. The number of unbranched alkanes of at least 4 members (excludes halogenated alkanes) is 10. The summed E-state index contributed by atoms with van der Waals surface area (Å²) in [5.74, 6) is 0. The zero-order valence-corrected chi connectivity index (χ0v) is 22.1. The molecule has 0 radical (unpaired) electrons. The topological polar surface area (TPSA) is 89.5 Å². The smallest absolute Gasteiger partial charge is 0.543 e. The van der Waals surface area contributed by atoms with E-state index in [1.165, 1.54) is 70.6 Å². The van der Waals surface area contributed by atoms with E-state index in [-0.39, 0.29) is 21.1 Å². The maximum atomic E-state index is 9.24. The van der Waals surface area contributed by atoms with E-state index in [2.05, 4.69) is 29.8 Å². The molecule has 0 aliphatic rings. The molecule has 0 amide bonds. The van der Waals surface area contributed by atoms with Crippen LogP contribution in [0, 0.1) is 0 Å². The second kappa shape index (κ2) is 30.9. The molecule has 0 aliphatic heterocycles. The van der Waals surface area contributed by atoms with E-state index in [0.29, 0.717) is 0 Å². The minimum Gasteiger partial charge on any atom is -0.563 e. The molecule has 0 aliphatic carbocycles. The summed E-state index contributed by atoms with van der Waals surface area (Å²) in [6.45, 7) is 4.60. The molecular formula is C17H37ClO5P2Sn+2. The summed E-state index contributed by atoms with van der Waals surface area (Å²) in [7, 11) is -6.47. The molecule has 5 nitrogen and oxygen atoms in total. The second-order valence-electron chi connectivity index (χ2n) is 5.81. The summed E-state index contributed by atoms with van der Waals surface area (Å²) in [5.41, 5.74) is 0. The number of alkyl halides is 1. The van der Waals surface area contributed by atoms with E-state index >= 15 is 0 Å². The number of halogens is 1. The third-order valence-corrected chi connectivity index (χ3v) is 8.65. The van der Waals surface area contributed by atoms with Crippen molar-refractivity contribution in [1.82, 2.24) is 0 Å². The van der Waals surface area contributed by atoms with Crippen LogP contribution in [-0.4, -0.2) is 27.5 Å². The summed E-state index contributed by atoms with van der Waals surface area (Å²) in [4.78, 5) is 18.5. The normalized spacial score (nSPS) is 10.7. The first-order chi connectivity index (χ1) is 12.5. The molecule has 0 aromatic carbocycles. The van der Waals surface area contributed by atoms with Crippen LogP contribution in [0.15, 0.2) is 0 Å². The van der Waals surface area contributed by atoms with Gasteiger partial charge in [0.2, 0.25) is 0 Å². The maximum absolute atomic E-state index is 9.24. The zero-order chi connectivity index (χ0) is 20.5. The van der Waals surface area contributed by atoms with Gasteiger partial charge in [-0.3, -0.25) is 0 Å². The van der Waals surface area contributed by atoms with Crippen LogP contribution in [0.4, 0.5) is 0 Å². The number of hydrogen-bond donors (Lipinski definition) is 0. The summed E-state index contributed by atoms with van der Waals surface area (Å²) in [6, 6.07) is 0. The van der Waals surface area contributed by atoms with E-state index < -0.39 is 16.5 Å². The molecule has 0 aromatic heterocycles. The molecule has 0 saturated heterocycles. The van der Waals surface area contributed by atoms with Crippen LogP contribution in [0.1, 0.15) is 90.9 Å². The van der Waals surface area contributed by atoms with Gasteiger partial charge in [0.25, 0.3) is 0 Å². The van der Waals surface area contributed by atoms with Gasteiger partial charge in [0.1, 0.15) is 4.31 Å². The molecule has 0 spiro atoms. The van der Waals surface area contributed by atoms with Crippen molar-refractivity contribution in [2.75, 3.05) is 6.38 Å². The molecule has 154 valence electrons. The van der Waals surface area contributed by atoms with Crippen molar-refractivity contribution >= 4 is 49.3 Å². The predicted molar refractivity (Wildman–Crippen MR) is 110 cm³/mol. The van der Waals surface area contributed by atoms with Crippen LogP contribution >= 0.6 is 28.1 Å². The molecule has 0 bridgehead atoms. The fourth-order valence-corrected chi connectivity index (χ4v) is 6.24. The second-order valence-corrected chi connectivity index (χ2v) is 11.6. The Bertz CT molecular complexity index is 274. The van der Waals surface area contributed by atoms with Gasteiger partial charge in [0.05, 0.1) is 0 Å². The predicted octanol–water partition coefficient (Wildman–Crippen LogP) is 6.14. The molecule has 2 atom stereocenters. The van der Waals surface area contributed by atoms with Crippen molar-refractivity contribution in [3.8, 4) is 0 Å². The van der Waals surface area contributed by atoms with E-state index in [9.17, 15) is 18.9 Å². The average molecular weight is 538 g/mol. The van der Waals surface area contributed by atoms with Crippen LogP contribution in [0.3, 0.4) is 0 Å². The SMILES string of the molecule is CCCCCCC[CH2][Sn+2][CH2]CCCCCCC.CCl.O=[P+]([O-])O[P+](=O)[O-]. The van der Waals surface area contributed by atoms with Gasteiger partial charge >= 0.3 is 137 Å². The van der Waals surface area contributed by atoms with Gasteiger partial charge in [0, 0.05) is 6.38 Å². The minimum absolute atomic E-state index is 0.0736. The van der Waals surface area contributed by atoms with Gasteiger partial charge in [-0.25, -0.2) is 0 Å². The van der Waals surface area contributed by atoms with Crippen molar-refractivity contribution in [2.24, 2.45) is 0 Å². The Balaban J connectivity index is -0.000000491. The van der Waals surface area contributed by atoms with Gasteiger partial charge in [-0.05, 0) is 9.13 Å². The molecule has 26 heavy (non-hydrogen) atoms. The molecular weight excluding hydrogens is 500 g/mol. The summed E-state index contributed by atoms with van der Waals surface area (Å²) < 4.78 is 25.0. The van der Waals surface area contributed by atoms with Crippen molar-refractivity contribution in [1.29, 1.82) is 0 Å². The standard InChI is InChI=1S/2C8H17.CH3Cl.O5P2.Sn/c2*1-3-5-7-8-6-4-2;1-2;1-6(2)5-7(3)4;/h2*1,3-8H2,2H3;1H3;;/q;;;;+2. The van der Waals surface area contributed by atoms with Crippen molar-refractivity contribution in [3.63, 3.8) is 0 Å². The van der Waals surface area contributed by atoms with E-state index in [4.69, 9.17) is 0 Å². The zero-order valence-electron chi connectivity index (χ0n) is 16.7. The van der Waals surface area contributed by atoms with E-state index in [1.54, 1.807) is 21.7 Å². The third kappa shape index (κ3) is 40.0.